The molecule has 2 atom stereocenters. The summed E-state index contributed by atoms with van der Waals surface area (Å²) in [6, 6.07) is 13.8. The number of fused-ring (bicyclic) bond motifs is 1. The van der Waals surface area contributed by atoms with Crippen LogP contribution < -0.4 is 19.7 Å². The van der Waals surface area contributed by atoms with Crippen molar-refractivity contribution in [2.24, 2.45) is 5.92 Å². The van der Waals surface area contributed by atoms with Crippen LogP contribution in [0.5, 0.6) is 11.5 Å². The SMILES string of the molecule is COC(=O)C(Cc1ccccc1)NC(=O)C1CC(=O)N(c2ccc3c(c2)OCCO3)C1. The molecular formula is C23H24N2O6. The van der Waals surface area contributed by atoms with Gasteiger partial charge in [-0.05, 0) is 17.7 Å². The molecule has 2 unspecified atom stereocenters. The van der Waals surface area contributed by atoms with E-state index in [1.165, 1.54) is 7.11 Å². The zero-order valence-corrected chi connectivity index (χ0v) is 17.2. The van der Waals surface area contributed by atoms with Gasteiger partial charge < -0.3 is 24.4 Å². The van der Waals surface area contributed by atoms with E-state index in [2.05, 4.69) is 5.32 Å². The van der Waals surface area contributed by atoms with Gasteiger partial charge in [0.25, 0.3) is 0 Å². The number of nitrogens with zero attached hydrogens (tertiary/aromatic N) is 1. The average molecular weight is 424 g/mol. The van der Waals surface area contributed by atoms with Crippen LogP contribution >= 0.6 is 0 Å². The van der Waals surface area contributed by atoms with Gasteiger partial charge in [-0.1, -0.05) is 30.3 Å². The van der Waals surface area contributed by atoms with Crippen LogP contribution in [0.3, 0.4) is 0 Å². The van der Waals surface area contributed by atoms with Crippen molar-refractivity contribution < 1.29 is 28.6 Å². The highest BCUT2D eigenvalue weighted by Gasteiger charge is 2.37. The minimum atomic E-state index is -0.821. The fraction of sp³-hybridized carbons (Fsp3) is 0.348. The molecule has 2 heterocycles. The Morgan fingerprint density at radius 2 is 1.87 bits per heavy atom. The first-order valence-corrected chi connectivity index (χ1v) is 10.2. The second-order valence-electron chi connectivity index (χ2n) is 7.51. The highest BCUT2D eigenvalue weighted by molar-refractivity contribution is 6.01. The van der Waals surface area contributed by atoms with Crippen LogP contribution in [0.4, 0.5) is 5.69 Å². The van der Waals surface area contributed by atoms with Crippen molar-refractivity contribution in [3.63, 3.8) is 0 Å². The standard InChI is InChI=1S/C23H24N2O6/c1-29-23(28)18(11-15-5-3-2-4-6-15)24-22(27)16-12-21(26)25(14-16)17-7-8-19-20(13-17)31-10-9-30-19/h2-8,13,16,18H,9-12,14H2,1H3,(H,24,27). The van der Waals surface area contributed by atoms with E-state index in [-0.39, 0.29) is 24.8 Å². The number of esters is 1. The fourth-order valence-corrected chi connectivity index (χ4v) is 3.81. The molecular weight excluding hydrogens is 400 g/mol. The van der Waals surface area contributed by atoms with Gasteiger partial charge in [0, 0.05) is 31.1 Å². The van der Waals surface area contributed by atoms with E-state index < -0.39 is 17.9 Å². The molecule has 0 aromatic heterocycles. The molecule has 1 fully saturated rings. The van der Waals surface area contributed by atoms with Gasteiger partial charge in [0.05, 0.1) is 13.0 Å². The predicted molar refractivity (Wildman–Crippen MR) is 112 cm³/mol. The summed E-state index contributed by atoms with van der Waals surface area (Å²) in [4.78, 5) is 39.3. The molecule has 0 radical (unpaired) electrons. The smallest absolute Gasteiger partial charge is 0.328 e. The Hall–Kier alpha value is -3.55. The number of ether oxygens (including phenoxy) is 3. The van der Waals surface area contributed by atoms with E-state index in [0.29, 0.717) is 36.8 Å². The number of nitrogens with one attached hydrogen (secondary N) is 1. The van der Waals surface area contributed by atoms with Crippen LogP contribution in [0.25, 0.3) is 0 Å². The molecule has 0 aliphatic carbocycles. The molecule has 4 rings (SSSR count). The van der Waals surface area contributed by atoms with E-state index >= 15 is 0 Å². The normalized spacial score (nSPS) is 18.4. The summed E-state index contributed by atoms with van der Waals surface area (Å²) < 4.78 is 16.0. The summed E-state index contributed by atoms with van der Waals surface area (Å²) in [5, 5.41) is 2.76. The number of hydrogen-bond donors (Lipinski definition) is 1. The van der Waals surface area contributed by atoms with Crippen LogP contribution in [0, 0.1) is 5.92 Å². The van der Waals surface area contributed by atoms with Crippen molar-refractivity contribution in [2.45, 2.75) is 18.9 Å². The lowest BCUT2D eigenvalue weighted by Gasteiger charge is -2.22. The summed E-state index contributed by atoms with van der Waals surface area (Å²) in [6.07, 6.45) is 0.380. The van der Waals surface area contributed by atoms with E-state index in [1.807, 2.05) is 30.3 Å². The third kappa shape index (κ3) is 4.63. The van der Waals surface area contributed by atoms with Crippen LogP contribution in [-0.4, -0.2) is 50.7 Å². The quantitative estimate of drug-likeness (QED) is 0.710. The first-order valence-electron chi connectivity index (χ1n) is 10.2. The maximum Gasteiger partial charge on any atom is 0.328 e. The van der Waals surface area contributed by atoms with Crippen LogP contribution in [0.1, 0.15) is 12.0 Å². The number of carbonyl (C=O) groups is 3. The molecule has 2 aliphatic heterocycles. The minimum Gasteiger partial charge on any atom is -0.486 e. The summed E-state index contributed by atoms with van der Waals surface area (Å²) in [6.45, 7) is 1.16. The van der Waals surface area contributed by atoms with Gasteiger partial charge in [-0.25, -0.2) is 4.79 Å². The van der Waals surface area contributed by atoms with Crippen molar-refractivity contribution in [1.29, 1.82) is 0 Å². The monoisotopic (exact) mass is 424 g/mol. The van der Waals surface area contributed by atoms with Gasteiger partial charge in [0.15, 0.2) is 11.5 Å². The Morgan fingerprint density at radius 3 is 2.61 bits per heavy atom. The molecule has 0 spiro atoms. The van der Waals surface area contributed by atoms with Crippen LogP contribution in [0.15, 0.2) is 48.5 Å². The van der Waals surface area contributed by atoms with Crippen molar-refractivity contribution in [3.8, 4) is 11.5 Å². The number of carbonyl (C=O) groups excluding carboxylic acids is 3. The molecule has 0 saturated carbocycles. The highest BCUT2D eigenvalue weighted by Crippen LogP contribution is 2.36. The zero-order valence-electron chi connectivity index (χ0n) is 17.2. The predicted octanol–water partition coefficient (Wildman–Crippen LogP) is 1.71. The Morgan fingerprint density at radius 1 is 1.13 bits per heavy atom. The Kier molecular flexibility index (Phi) is 6.06. The Balaban J connectivity index is 1.44. The molecule has 2 aromatic carbocycles. The summed E-state index contributed by atoms with van der Waals surface area (Å²) in [5.74, 6) is -0.376. The molecule has 162 valence electrons. The minimum absolute atomic E-state index is 0.0690. The lowest BCUT2D eigenvalue weighted by molar-refractivity contribution is -0.145. The van der Waals surface area contributed by atoms with Crippen molar-refractivity contribution >= 4 is 23.5 Å². The molecule has 8 heteroatoms. The Bertz CT molecular complexity index is 977. The lowest BCUT2D eigenvalue weighted by Crippen LogP contribution is -2.46. The first-order chi connectivity index (χ1) is 15.0. The Labute approximate surface area is 180 Å². The molecule has 0 bridgehead atoms. The van der Waals surface area contributed by atoms with Crippen molar-refractivity contribution in [1.82, 2.24) is 5.32 Å². The second-order valence-corrected chi connectivity index (χ2v) is 7.51. The van der Waals surface area contributed by atoms with Gasteiger partial charge in [-0.15, -0.1) is 0 Å². The second kappa shape index (κ2) is 9.07. The third-order valence-electron chi connectivity index (χ3n) is 5.42. The van der Waals surface area contributed by atoms with Gasteiger partial charge in [-0.3, -0.25) is 9.59 Å². The van der Waals surface area contributed by atoms with Gasteiger partial charge in [0.1, 0.15) is 19.3 Å². The maximum atomic E-state index is 12.9. The van der Waals surface area contributed by atoms with E-state index in [4.69, 9.17) is 14.2 Å². The number of methoxy groups -OCH3 is 1. The molecule has 1 saturated heterocycles. The van der Waals surface area contributed by atoms with Crippen molar-refractivity contribution in [3.05, 3.63) is 54.1 Å². The largest absolute Gasteiger partial charge is 0.486 e. The average Bonchev–Trinajstić information content (AvgIpc) is 3.20. The van der Waals surface area contributed by atoms with E-state index in [1.54, 1.807) is 23.1 Å². The summed E-state index contributed by atoms with van der Waals surface area (Å²) >= 11 is 0. The fourth-order valence-electron chi connectivity index (χ4n) is 3.81. The maximum absolute atomic E-state index is 12.9. The number of hydrogen-bond acceptors (Lipinski definition) is 6. The van der Waals surface area contributed by atoms with Gasteiger partial charge in [0.2, 0.25) is 11.8 Å². The van der Waals surface area contributed by atoms with Gasteiger partial charge in [-0.2, -0.15) is 0 Å². The van der Waals surface area contributed by atoms with Crippen LogP contribution in [0.2, 0.25) is 0 Å². The van der Waals surface area contributed by atoms with E-state index in [0.717, 1.165) is 5.56 Å². The number of amides is 2. The molecule has 2 amide bonds. The summed E-state index contributed by atoms with van der Waals surface area (Å²) in [5.41, 5.74) is 1.55. The van der Waals surface area contributed by atoms with Crippen LogP contribution in [-0.2, 0) is 25.5 Å². The number of benzene rings is 2. The van der Waals surface area contributed by atoms with Gasteiger partial charge >= 0.3 is 5.97 Å². The van der Waals surface area contributed by atoms with Crippen molar-refractivity contribution in [2.75, 3.05) is 31.8 Å². The number of anilines is 1. The van der Waals surface area contributed by atoms with E-state index in [9.17, 15) is 14.4 Å². The molecule has 1 N–H and O–H groups in total. The topological polar surface area (TPSA) is 94.2 Å². The third-order valence-corrected chi connectivity index (χ3v) is 5.42. The molecule has 2 aliphatic rings. The number of rotatable bonds is 6. The highest BCUT2D eigenvalue weighted by atomic mass is 16.6. The molecule has 8 nitrogen and oxygen atoms in total. The lowest BCUT2D eigenvalue weighted by atomic mass is 10.0. The first kappa shape index (κ1) is 20.7. The molecule has 2 aromatic rings. The molecule has 31 heavy (non-hydrogen) atoms. The zero-order chi connectivity index (χ0) is 21.8. The summed E-state index contributed by atoms with van der Waals surface area (Å²) in [7, 11) is 1.29.